The molecular weight excluding hydrogens is 350 g/mol. The Morgan fingerprint density at radius 3 is 2.29 bits per heavy atom. The van der Waals surface area contributed by atoms with E-state index >= 15 is 0 Å². The van der Waals surface area contributed by atoms with E-state index in [1.54, 1.807) is 13.0 Å². The van der Waals surface area contributed by atoms with E-state index in [4.69, 9.17) is 0 Å². The summed E-state index contributed by atoms with van der Waals surface area (Å²) in [4.78, 5) is 24.9. The molecule has 1 amide bonds. The molecule has 1 aromatic heterocycles. The van der Waals surface area contributed by atoms with Gasteiger partial charge in [0.15, 0.2) is 0 Å². The highest BCUT2D eigenvalue weighted by molar-refractivity contribution is 5.80. The number of aryl methyl sites for hydroxylation is 1. The van der Waals surface area contributed by atoms with Gasteiger partial charge >= 0.3 is 0 Å². The van der Waals surface area contributed by atoms with E-state index in [9.17, 15) is 9.59 Å². The SMILES string of the molecule is CC(CCc1ccccc1)NC(=O)C(C)n1nc(-c2ccccc2)ccc1=O. The number of hydrogen-bond donors (Lipinski definition) is 1. The molecular formula is C23H25N3O2. The van der Waals surface area contributed by atoms with Gasteiger partial charge in [-0.15, -0.1) is 0 Å². The van der Waals surface area contributed by atoms with Crippen molar-refractivity contribution in [2.24, 2.45) is 0 Å². The molecule has 0 saturated heterocycles. The molecule has 5 heteroatoms. The molecule has 1 heterocycles. The molecule has 2 atom stereocenters. The minimum atomic E-state index is -0.685. The van der Waals surface area contributed by atoms with Gasteiger partial charge in [-0.2, -0.15) is 5.10 Å². The van der Waals surface area contributed by atoms with E-state index in [0.29, 0.717) is 5.69 Å². The second-order valence-electron chi connectivity index (χ2n) is 6.98. The van der Waals surface area contributed by atoms with Gasteiger partial charge < -0.3 is 5.32 Å². The van der Waals surface area contributed by atoms with E-state index in [-0.39, 0.29) is 17.5 Å². The first-order valence-corrected chi connectivity index (χ1v) is 9.54. The van der Waals surface area contributed by atoms with Crippen molar-refractivity contribution in [2.45, 2.75) is 38.8 Å². The van der Waals surface area contributed by atoms with Crippen molar-refractivity contribution >= 4 is 5.91 Å². The molecule has 0 aliphatic rings. The summed E-state index contributed by atoms with van der Waals surface area (Å²) in [5, 5.41) is 7.40. The second-order valence-corrected chi connectivity index (χ2v) is 6.98. The van der Waals surface area contributed by atoms with Crippen molar-refractivity contribution in [3.63, 3.8) is 0 Å². The number of nitrogens with zero attached hydrogens (tertiary/aromatic N) is 2. The zero-order chi connectivity index (χ0) is 19.9. The Hall–Kier alpha value is -3.21. The van der Waals surface area contributed by atoms with Crippen LogP contribution in [-0.2, 0) is 11.2 Å². The van der Waals surface area contributed by atoms with Gasteiger partial charge in [-0.1, -0.05) is 60.7 Å². The van der Waals surface area contributed by atoms with Crippen LogP contribution in [0.15, 0.2) is 77.6 Å². The first kappa shape index (κ1) is 19.5. The lowest BCUT2D eigenvalue weighted by atomic mass is 10.1. The summed E-state index contributed by atoms with van der Waals surface area (Å²) in [6, 6.07) is 22.2. The van der Waals surface area contributed by atoms with Crippen LogP contribution in [0.1, 0.15) is 31.9 Å². The van der Waals surface area contributed by atoms with Gasteiger partial charge in [0, 0.05) is 17.7 Å². The number of amides is 1. The third-order valence-electron chi connectivity index (χ3n) is 4.74. The summed E-state index contributed by atoms with van der Waals surface area (Å²) in [7, 11) is 0. The van der Waals surface area contributed by atoms with E-state index in [1.165, 1.54) is 16.3 Å². The van der Waals surface area contributed by atoms with Crippen LogP contribution in [0.4, 0.5) is 0 Å². The summed E-state index contributed by atoms with van der Waals surface area (Å²) in [5.41, 5.74) is 2.52. The number of aromatic nitrogens is 2. The number of carbonyl (C=O) groups excluding carboxylic acids is 1. The predicted octanol–water partition coefficient (Wildman–Crippen LogP) is 3.61. The van der Waals surface area contributed by atoms with Crippen LogP contribution in [-0.4, -0.2) is 21.7 Å². The molecule has 28 heavy (non-hydrogen) atoms. The highest BCUT2D eigenvalue weighted by Gasteiger charge is 2.19. The zero-order valence-electron chi connectivity index (χ0n) is 16.2. The molecule has 0 spiro atoms. The Bertz CT molecular complexity index is 968. The van der Waals surface area contributed by atoms with Crippen molar-refractivity contribution in [3.8, 4) is 11.3 Å². The van der Waals surface area contributed by atoms with Crippen LogP contribution in [0, 0.1) is 0 Å². The number of rotatable bonds is 7. The Morgan fingerprint density at radius 2 is 1.61 bits per heavy atom. The third-order valence-corrected chi connectivity index (χ3v) is 4.74. The highest BCUT2D eigenvalue weighted by Crippen LogP contribution is 2.15. The number of benzene rings is 2. The maximum atomic E-state index is 12.7. The fourth-order valence-corrected chi connectivity index (χ4v) is 3.04. The maximum Gasteiger partial charge on any atom is 0.267 e. The van der Waals surface area contributed by atoms with Crippen LogP contribution < -0.4 is 10.9 Å². The average molecular weight is 375 g/mol. The molecule has 0 radical (unpaired) electrons. The molecule has 0 bridgehead atoms. The Balaban J connectivity index is 1.66. The van der Waals surface area contributed by atoms with Gasteiger partial charge in [-0.05, 0) is 38.3 Å². The lowest BCUT2D eigenvalue weighted by Crippen LogP contribution is -2.41. The summed E-state index contributed by atoms with van der Waals surface area (Å²) in [6.45, 7) is 3.67. The number of carbonyl (C=O) groups is 1. The van der Waals surface area contributed by atoms with Gasteiger partial charge in [0.1, 0.15) is 6.04 Å². The van der Waals surface area contributed by atoms with Gasteiger partial charge in [0.25, 0.3) is 5.56 Å². The number of nitrogens with one attached hydrogen (secondary N) is 1. The van der Waals surface area contributed by atoms with Gasteiger partial charge in [0.05, 0.1) is 5.69 Å². The molecule has 2 aromatic carbocycles. The second kappa shape index (κ2) is 9.13. The standard InChI is InChI=1S/C23H25N3O2/c1-17(13-14-19-9-5-3-6-10-19)24-23(28)18(2)26-22(27)16-15-21(25-26)20-11-7-4-8-12-20/h3-12,15-18H,13-14H2,1-2H3,(H,24,28). The van der Waals surface area contributed by atoms with Crippen LogP contribution >= 0.6 is 0 Å². The summed E-state index contributed by atoms with van der Waals surface area (Å²) < 4.78 is 1.25. The molecule has 3 rings (SSSR count). The minimum absolute atomic E-state index is 0.00293. The van der Waals surface area contributed by atoms with E-state index < -0.39 is 6.04 Å². The molecule has 3 aromatic rings. The summed E-state index contributed by atoms with van der Waals surface area (Å²) >= 11 is 0. The first-order valence-electron chi connectivity index (χ1n) is 9.54. The molecule has 0 saturated carbocycles. The van der Waals surface area contributed by atoms with E-state index in [1.807, 2.05) is 55.5 Å². The molecule has 0 fully saturated rings. The number of hydrogen-bond acceptors (Lipinski definition) is 3. The monoisotopic (exact) mass is 375 g/mol. The fraction of sp³-hybridized carbons (Fsp3) is 0.261. The average Bonchev–Trinajstić information content (AvgIpc) is 2.73. The normalized spacial score (nSPS) is 12.9. The molecule has 0 aliphatic carbocycles. The Morgan fingerprint density at radius 1 is 0.964 bits per heavy atom. The smallest absolute Gasteiger partial charge is 0.267 e. The lowest BCUT2D eigenvalue weighted by Gasteiger charge is -2.19. The zero-order valence-corrected chi connectivity index (χ0v) is 16.2. The lowest BCUT2D eigenvalue weighted by molar-refractivity contribution is -0.124. The van der Waals surface area contributed by atoms with Crippen molar-refractivity contribution in [1.29, 1.82) is 0 Å². The molecule has 0 aliphatic heterocycles. The van der Waals surface area contributed by atoms with Crippen LogP contribution in [0.25, 0.3) is 11.3 Å². The highest BCUT2D eigenvalue weighted by atomic mass is 16.2. The summed E-state index contributed by atoms with van der Waals surface area (Å²) in [6.07, 6.45) is 1.72. The van der Waals surface area contributed by atoms with Crippen molar-refractivity contribution < 1.29 is 4.79 Å². The molecule has 5 nitrogen and oxygen atoms in total. The minimum Gasteiger partial charge on any atom is -0.352 e. The molecule has 1 N–H and O–H groups in total. The first-order chi connectivity index (χ1) is 13.5. The fourth-order valence-electron chi connectivity index (χ4n) is 3.04. The van der Waals surface area contributed by atoms with Crippen LogP contribution in [0.5, 0.6) is 0 Å². The van der Waals surface area contributed by atoms with E-state index in [0.717, 1.165) is 18.4 Å². The Kier molecular flexibility index (Phi) is 6.37. The Labute approximate surface area is 165 Å². The topological polar surface area (TPSA) is 64.0 Å². The van der Waals surface area contributed by atoms with Gasteiger partial charge in [-0.3, -0.25) is 9.59 Å². The summed E-state index contributed by atoms with van der Waals surface area (Å²) in [5.74, 6) is -0.208. The van der Waals surface area contributed by atoms with E-state index in [2.05, 4.69) is 22.5 Å². The third kappa shape index (κ3) is 4.94. The van der Waals surface area contributed by atoms with Crippen molar-refractivity contribution in [2.75, 3.05) is 0 Å². The predicted molar refractivity (Wildman–Crippen MR) is 111 cm³/mol. The van der Waals surface area contributed by atoms with Gasteiger partial charge in [-0.25, -0.2) is 4.68 Å². The van der Waals surface area contributed by atoms with Crippen LogP contribution in [0.3, 0.4) is 0 Å². The van der Waals surface area contributed by atoms with Crippen molar-refractivity contribution in [3.05, 3.63) is 88.7 Å². The quantitative estimate of drug-likeness (QED) is 0.686. The van der Waals surface area contributed by atoms with Crippen LogP contribution in [0.2, 0.25) is 0 Å². The molecule has 2 unspecified atom stereocenters. The molecule has 144 valence electrons. The maximum absolute atomic E-state index is 12.7. The largest absolute Gasteiger partial charge is 0.352 e. The van der Waals surface area contributed by atoms with Crippen molar-refractivity contribution in [1.82, 2.24) is 15.1 Å². The van der Waals surface area contributed by atoms with Gasteiger partial charge in [0.2, 0.25) is 5.91 Å².